The molecule has 118 valence electrons. The van der Waals surface area contributed by atoms with Crippen LogP contribution in [0.1, 0.15) is 18.4 Å². The molecule has 1 aromatic carbocycles. The van der Waals surface area contributed by atoms with Gasteiger partial charge in [-0.1, -0.05) is 12.1 Å². The van der Waals surface area contributed by atoms with Gasteiger partial charge in [-0.15, -0.1) is 0 Å². The van der Waals surface area contributed by atoms with E-state index in [1.165, 1.54) is 0 Å². The maximum atomic E-state index is 12.1. The van der Waals surface area contributed by atoms with Gasteiger partial charge in [-0.2, -0.15) is 0 Å². The highest BCUT2D eigenvalue weighted by Gasteiger charge is 2.55. The monoisotopic (exact) mass is 304 g/mol. The van der Waals surface area contributed by atoms with Crippen LogP contribution in [0.15, 0.2) is 18.2 Å². The van der Waals surface area contributed by atoms with Crippen LogP contribution in [0.2, 0.25) is 0 Å². The Bertz CT molecular complexity index is 610. The minimum absolute atomic E-state index is 0.173. The Balaban J connectivity index is 1.59. The third-order valence-corrected chi connectivity index (χ3v) is 4.46. The van der Waals surface area contributed by atoms with E-state index >= 15 is 0 Å². The molecule has 0 radical (unpaired) electrons. The average Bonchev–Trinajstić information content (AvgIpc) is 3.33. The van der Waals surface area contributed by atoms with Crippen LogP contribution in [-0.2, 0) is 16.0 Å². The summed E-state index contributed by atoms with van der Waals surface area (Å²) in [6, 6.07) is 5.79. The summed E-state index contributed by atoms with van der Waals surface area (Å²) in [7, 11) is 1.62. The number of nitrogens with one attached hydrogen (secondary N) is 1. The highest BCUT2D eigenvalue weighted by Crippen LogP contribution is 2.45. The van der Waals surface area contributed by atoms with E-state index in [2.05, 4.69) is 5.32 Å². The van der Waals surface area contributed by atoms with Crippen LogP contribution in [0.3, 0.4) is 0 Å². The molecule has 1 aromatic rings. The predicted octanol–water partition coefficient (Wildman–Crippen LogP) is 0.628. The molecule has 2 amide bonds. The highest BCUT2D eigenvalue weighted by atomic mass is 16.5. The zero-order chi connectivity index (χ0) is 15.7. The Morgan fingerprint density at radius 2 is 2.23 bits per heavy atom. The normalized spacial score (nSPS) is 21.2. The SMILES string of the molecule is COc1cccc2c1OCC(CNC(=O)C1(C(N)=O)CC1)C2. The molecule has 6 heteroatoms. The van der Waals surface area contributed by atoms with Crippen molar-refractivity contribution in [2.45, 2.75) is 19.3 Å². The molecule has 0 bridgehead atoms. The molecule has 1 atom stereocenters. The summed E-state index contributed by atoms with van der Waals surface area (Å²) in [5.41, 5.74) is 5.41. The Hall–Kier alpha value is -2.24. The largest absolute Gasteiger partial charge is 0.493 e. The van der Waals surface area contributed by atoms with E-state index in [0.717, 1.165) is 23.5 Å². The summed E-state index contributed by atoms with van der Waals surface area (Å²) >= 11 is 0. The summed E-state index contributed by atoms with van der Waals surface area (Å²) in [6.07, 6.45) is 1.90. The van der Waals surface area contributed by atoms with Crippen LogP contribution in [0.5, 0.6) is 11.5 Å². The van der Waals surface area contributed by atoms with E-state index in [4.69, 9.17) is 15.2 Å². The Morgan fingerprint density at radius 1 is 1.45 bits per heavy atom. The van der Waals surface area contributed by atoms with Crippen LogP contribution in [0, 0.1) is 11.3 Å². The average molecular weight is 304 g/mol. The fourth-order valence-electron chi connectivity index (χ4n) is 2.87. The molecular weight excluding hydrogens is 284 g/mol. The standard InChI is InChI=1S/C16H20N2O4/c1-21-12-4-2-3-11-7-10(9-22-13(11)12)8-18-15(20)16(5-6-16)14(17)19/h2-4,10H,5-9H2,1H3,(H2,17,19)(H,18,20). The molecule has 1 fully saturated rings. The van der Waals surface area contributed by atoms with Crippen LogP contribution in [-0.4, -0.2) is 32.1 Å². The number of hydrogen-bond donors (Lipinski definition) is 2. The van der Waals surface area contributed by atoms with E-state index in [0.29, 0.717) is 26.0 Å². The predicted molar refractivity (Wildman–Crippen MR) is 79.6 cm³/mol. The minimum Gasteiger partial charge on any atom is -0.493 e. The van der Waals surface area contributed by atoms with Crippen LogP contribution >= 0.6 is 0 Å². The van der Waals surface area contributed by atoms with Gasteiger partial charge >= 0.3 is 0 Å². The van der Waals surface area contributed by atoms with Crippen molar-refractivity contribution in [1.82, 2.24) is 5.32 Å². The number of carbonyl (C=O) groups excluding carboxylic acids is 2. The van der Waals surface area contributed by atoms with Gasteiger partial charge in [0.1, 0.15) is 5.41 Å². The number of methoxy groups -OCH3 is 1. The quantitative estimate of drug-likeness (QED) is 0.781. The van der Waals surface area contributed by atoms with Crippen molar-refractivity contribution in [1.29, 1.82) is 0 Å². The first-order chi connectivity index (χ1) is 10.6. The van der Waals surface area contributed by atoms with Gasteiger partial charge in [0.15, 0.2) is 11.5 Å². The number of rotatable bonds is 5. The highest BCUT2D eigenvalue weighted by molar-refractivity contribution is 6.07. The lowest BCUT2D eigenvalue weighted by molar-refractivity contribution is -0.135. The van der Waals surface area contributed by atoms with Crippen molar-refractivity contribution in [3.8, 4) is 11.5 Å². The Morgan fingerprint density at radius 3 is 2.86 bits per heavy atom. The molecule has 3 N–H and O–H groups in total. The van der Waals surface area contributed by atoms with Gasteiger partial charge < -0.3 is 20.5 Å². The summed E-state index contributed by atoms with van der Waals surface area (Å²) in [6.45, 7) is 0.988. The molecule has 3 rings (SSSR count). The molecule has 1 heterocycles. The smallest absolute Gasteiger partial charge is 0.235 e. The zero-order valence-electron chi connectivity index (χ0n) is 12.6. The van der Waals surface area contributed by atoms with Crippen molar-refractivity contribution in [3.63, 3.8) is 0 Å². The molecule has 0 aromatic heterocycles. The molecule has 0 spiro atoms. The summed E-state index contributed by atoms with van der Waals surface area (Å²) in [4.78, 5) is 23.4. The second kappa shape index (κ2) is 5.51. The molecule has 22 heavy (non-hydrogen) atoms. The fraction of sp³-hybridized carbons (Fsp3) is 0.500. The molecule has 2 aliphatic rings. The summed E-state index contributed by atoms with van der Waals surface area (Å²) in [5.74, 6) is 0.901. The lowest BCUT2D eigenvalue weighted by atomic mass is 9.96. The summed E-state index contributed by atoms with van der Waals surface area (Å²) < 4.78 is 11.1. The third-order valence-electron chi connectivity index (χ3n) is 4.46. The molecule has 1 aliphatic carbocycles. The third kappa shape index (κ3) is 2.49. The number of benzene rings is 1. The van der Waals surface area contributed by atoms with Crippen molar-refractivity contribution < 1.29 is 19.1 Å². The maximum absolute atomic E-state index is 12.1. The number of para-hydroxylation sites is 1. The fourth-order valence-corrected chi connectivity index (χ4v) is 2.87. The minimum atomic E-state index is -0.962. The van der Waals surface area contributed by atoms with Gasteiger partial charge in [0.2, 0.25) is 11.8 Å². The van der Waals surface area contributed by atoms with Crippen LogP contribution in [0.25, 0.3) is 0 Å². The van der Waals surface area contributed by atoms with Crippen LogP contribution in [0.4, 0.5) is 0 Å². The molecule has 1 aliphatic heterocycles. The van der Waals surface area contributed by atoms with Crippen molar-refractivity contribution in [2.24, 2.45) is 17.1 Å². The molecule has 6 nitrogen and oxygen atoms in total. The van der Waals surface area contributed by atoms with Crippen molar-refractivity contribution in [3.05, 3.63) is 23.8 Å². The van der Waals surface area contributed by atoms with Gasteiger partial charge in [-0.3, -0.25) is 9.59 Å². The number of ether oxygens (including phenoxy) is 2. The first-order valence-electron chi connectivity index (χ1n) is 7.44. The number of fused-ring (bicyclic) bond motifs is 1. The zero-order valence-corrected chi connectivity index (χ0v) is 12.6. The van der Waals surface area contributed by atoms with E-state index in [9.17, 15) is 9.59 Å². The van der Waals surface area contributed by atoms with Crippen molar-refractivity contribution >= 4 is 11.8 Å². The van der Waals surface area contributed by atoms with Gasteiger partial charge in [0, 0.05) is 12.5 Å². The molecule has 1 unspecified atom stereocenters. The molecule has 1 saturated carbocycles. The second-order valence-corrected chi connectivity index (χ2v) is 5.99. The molecular formula is C16H20N2O4. The Kier molecular flexibility index (Phi) is 3.68. The topological polar surface area (TPSA) is 90.7 Å². The first kappa shape index (κ1) is 14.7. The van der Waals surface area contributed by atoms with E-state index in [-0.39, 0.29) is 11.8 Å². The van der Waals surface area contributed by atoms with Gasteiger partial charge in [0.05, 0.1) is 13.7 Å². The Labute approximate surface area is 129 Å². The van der Waals surface area contributed by atoms with Gasteiger partial charge in [-0.25, -0.2) is 0 Å². The summed E-state index contributed by atoms with van der Waals surface area (Å²) in [5, 5.41) is 2.84. The number of amides is 2. The number of nitrogens with two attached hydrogens (primary N) is 1. The lowest BCUT2D eigenvalue weighted by Gasteiger charge is -2.27. The number of primary amides is 1. The number of hydrogen-bond acceptors (Lipinski definition) is 4. The van der Waals surface area contributed by atoms with Gasteiger partial charge in [0.25, 0.3) is 0 Å². The van der Waals surface area contributed by atoms with Crippen molar-refractivity contribution in [2.75, 3.05) is 20.3 Å². The van der Waals surface area contributed by atoms with E-state index in [1.807, 2.05) is 18.2 Å². The van der Waals surface area contributed by atoms with Gasteiger partial charge in [-0.05, 0) is 30.9 Å². The second-order valence-electron chi connectivity index (χ2n) is 5.99. The van der Waals surface area contributed by atoms with E-state index < -0.39 is 11.3 Å². The first-order valence-corrected chi connectivity index (χ1v) is 7.44. The molecule has 0 saturated heterocycles. The van der Waals surface area contributed by atoms with E-state index in [1.54, 1.807) is 7.11 Å². The lowest BCUT2D eigenvalue weighted by Crippen LogP contribution is -2.43. The van der Waals surface area contributed by atoms with Crippen LogP contribution < -0.4 is 20.5 Å². The maximum Gasteiger partial charge on any atom is 0.235 e. The number of carbonyl (C=O) groups is 2.